The number of halogens is 2. The molecular formula is C16H22F2O2. The van der Waals surface area contributed by atoms with Crippen LogP contribution in [0.3, 0.4) is 0 Å². The van der Waals surface area contributed by atoms with Crippen LogP contribution in [0.1, 0.15) is 63.0 Å². The van der Waals surface area contributed by atoms with Crippen molar-refractivity contribution in [2.45, 2.75) is 57.8 Å². The van der Waals surface area contributed by atoms with Crippen LogP contribution in [0.25, 0.3) is 0 Å². The number of hydrogen-bond donors (Lipinski definition) is 1. The van der Waals surface area contributed by atoms with Gasteiger partial charge in [-0.25, -0.2) is 8.78 Å². The third-order valence-electron chi connectivity index (χ3n) is 3.65. The zero-order valence-electron chi connectivity index (χ0n) is 12.0. The standard InChI is InChI=1S/C16H22F2O2/c1-3-12(2)13-7-9-14(10-8-13)16(17,18)11-5-4-6-15(19)20/h7-10,12H,3-6,11H2,1-2H3,(H,19,20). The largest absolute Gasteiger partial charge is 0.481 e. The monoisotopic (exact) mass is 284 g/mol. The van der Waals surface area contributed by atoms with Crippen molar-refractivity contribution in [3.05, 3.63) is 35.4 Å². The number of rotatable bonds is 8. The molecule has 0 aromatic heterocycles. The summed E-state index contributed by atoms with van der Waals surface area (Å²) in [6, 6.07) is 6.49. The lowest BCUT2D eigenvalue weighted by Gasteiger charge is -2.18. The third kappa shape index (κ3) is 4.91. The highest BCUT2D eigenvalue weighted by molar-refractivity contribution is 5.66. The van der Waals surface area contributed by atoms with Crippen LogP contribution >= 0.6 is 0 Å². The Morgan fingerprint density at radius 3 is 2.35 bits per heavy atom. The van der Waals surface area contributed by atoms with Crippen LogP contribution in [0.5, 0.6) is 0 Å². The Bertz CT molecular complexity index is 427. The molecule has 1 aromatic carbocycles. The fourth-order valence-electron chi connectivity index (χ4n) is 2.06. The fourth-order valence-corrected chi connectivity index (χ4v) is 2.06. The Hall–Kier alpha value is -1.45. The quantitative estimate of drug-likeness (QED) is 0.687. The van der Waals surface area contributed by atoms with E-state index in [9.17, 15) is 13.6 Å². The van der Waals surface area contributed by atoms with Gasteiger partial charge in [-0.2, -0.15) is 0 Å². The van der Waals surface area contributed by atoms with E-state index in [0.717, 1.165) is 12.0 Å². The van der Waals surface area contributed by atoms with E-state index in [1.807, 2.05) is 0 Å². The summed E-state index contributed by atoms with van der Waals surface area (Å²) in [5, 5.41) is 8.48. The van der Waals surface area contributed by atoms with Crippen molar-refractivity contribution < 1.29 is 18.7 Å². The van der Waals surface area contributed by atoms with E-state index in [2.05, 4.69) is 13.8 Å². The Balaban J connectivity index is 2.60. The van der Waals surface area contributed by atoms with E-state index in [-0.39, 0.29) is 31.2 Å². The maximum atomic E-state index is 13.9. The van der Waals surface area contributed by atoms with E-state index >= 15 is 0 Å². The maximum absolute atomic E-state index is 13.9. The molecule has 0 fully saturated rings. The van der Waals surface area contributed by atoms with Gasteiger partial charge in [0.15, 0.2) is 0 Å². The van der Waals surface area contributed by atoms with Gasteiger partial charge in [0.1, 0.15) is 0 Å². The van der Waals surface area contributed by atoms with E-state index in [0.29, 0.717) is 5.92 Å². The molecule has 1 unspecified atom stereocenters. The summed E-state index contributed by atoms with van der Waals surface area (Å²) < 4.78 is 27.9. The average molecular weight is 284 g/mol. The highest BCUT2D eigenvalue weighted by Crippen LogP contribution is 2.34. The number of carboxylic acids is 1. The van der Waals surface area contributed by atoms with Crippen LogP contribution in [0.4, 0.5) is 8.78 Å². The molecule has 0 saturated carbocycles. The Morgan fingerprint density at radius 2 is 1.85 bits per heavy atom. The third-order valence-corrected chi connectivity index (χ3v) is 3.65. The zero-order chi connectivity index (χ0) is 15.2. The first-order valence-electron chi connectivity index (χ1n) is 7.07. The molecule has 0 aliphatic heterocycles. The van der Waals surface area contributed by atoms with Crippen LogP contribution in [0.15, 0.2) is 24.3 Å². The molecule has 1 atom stereocenters. The minimum absolute atomic E-state index is 0.0138. The van der Waals surface area contributed by atoms with Gasteiger partial charge in [0.2, 0.25) is 0 Å². The van der Waals surface area contributed by atoms with E-state index in [1.54, 1.807) is 12.1 Å². The highest BCUT2D eigenvalue weighted by Gasteiger charge is 2.30. The lowest BCUT2D eigenvalue weighted by atomic mass is 9.95. The lowest BCUT2D eigenvalue weighted by molar-refractivity contribution is -0.137. The average Bonchev–Trinajstić information content (AvgIpc) is 2.43. The second kappa shape index (κ2) is 7.36. The Morgan fingerprint density at radius 1 is 1.25 bits per heavy atom. The molecule has 0 bridgehead atoms. The van der Waals surface area contributed by atoms with Gasteiger partial charge in [-0.1, -0.05) is 38.1 Å². The molecule has 1 rings (SSSR count). The zero-order valence-corrected chi connectivity index (χ0v) is 12.0. The summed E-state index contributed by atoms with van der Waals surface area (Å²) >= 11 is 0. The highest BCUT2D eigenvalue weighted by atomic mass is 19.3. The Labute approximate surface area is 118 Å². The minimum atomic E-state index is -2.88. The van der Waals surface area contributed by atoms with Crippen molar-refractivity contribution in [1.29, 1.82) is 0 Å². The molecule has 0 heterocycles. The predicted molar refractivity (Wildman–Crippen MR) is 75.1 cm³/mol. The molecule has 0 spiro atoms. The molecule has 2 nitrogen and oxygen atoms in total. The summed E-state index contributed by atoms with van der Waals surface area (Å²) in [6.07, 6.45) is 1.12. The molecule has 112 valence electrons. The molecule has 20 heavy (non-hydrogen) atoms. The fraction of sp³-hybridized carbons (Fsp3) is 0.562. The second-order valence-corrected chi connectivity index (χ2v) is 5.24. The van der Waals surface area contributed by atoms with Crippen molar-refractivity contribution in [2.75, 3.05) is 0 Å². The summed E-state index contributed by atoms with van der Waals surface area (Å²) in [6.45, 7) is 4.13. The van der Waals surface area contributed by atoms with Gasteiger partial charge in [0.05, 0.1) is 0 Å². The van der Waals surface area contributed by atoms with Crippen molar-refractivity contribution in [1.82, 2.24) is 0 Å². The van der Waals surface area contributed by atoms with Crippen molar-refractivity contribution in [2.24, 2.45) is 0 Å². The smallest absolute Gasteiger partial charge is 0.303 e. The number of alkyl halides is 2. The van der Waals surface area contributed by atoms with Crippen LogP contribution in [-0.2, 0) is 10.7 Å². The van der Waals surface area contributed by atoms with Gasteiger partial charge in [-0.3, -0.25) is 4.79 Å². The van der Waals surface area contributed by atoms with Gasteiger partial charge < -0.3 is 5.11 Å². The molecule has 1 N–H and O–H groups in total. The number of unbranched alkanes of at least 4 members (excludes halogenated alkanes) is 1. The van der Waals surface area contributed by atoms with E-state index in [4.69, 9.17) is 5.11 Å². The van der Waals surface area contributed by atoms with Gasteiger partial charge in [-0.05, 0) is 30.7 Å². The summed E-state index contributed by atoms with van der Waals surface area (Å²) in [4.78, 5) is 10.3. The molecule has 0 radical (unpaired) electrons. The SMILES string of the molecule is CCC(C)c1ccc(C(F)(F)CCCCC(=O)O)cc1. The summed E-state index contributed by atoms with van der Waals surface area (Å²) in [5.41, 5.74) is 1.08. The normalized spacial score (nSPS) is 13.2. The predicted octanol–water partition coefficient (Wildman–Crippen LogP) is 4.94. The molecule has 0 saturated heterocycles. The van der Waals surface area contributed by atoms with Crippen LogP contribution in [0.2, 0.25) is 0 Å². The lowest BCUT2D eigenvalue weighted by Crippen LogP contribution is -2.13. The van der Waals surface area contributed by atoms with Crippen molar-refractivity contribution >= 4 is 5.97 Å². The van der Waals surface area contributed by atoms with Crippen molar-refractivity contribution in [3.8, 4) is 0 Å². The van der Waals surface area contributed by atoms with Crippen LogP contribution in [0, 0.1) is 0 Å². The van der Waals surface area contributed by atoms with Crippen LogP contribution in [-0.4, -0.2) is 11.1 Å². The number of hydrogen-bond acceptors (Lipinski definition) is 1. The number of aliphatic carboxylic acids is 1. The van der Waals surface area contributed by atoms with Gasteiger partial charge in [0, 0.05) is 18.4 Å². The first-order chi connectivity index (χ1) is 9.36. The summed E-state index contributed by atoms with van der Waals surface area (Å²) in [5.74, 6) is -3.45. The number of benzene rings is 1. The summed E-state index contributed by atoms with van der Waals surface area (Å²) in [7, 11) is 0. The van der Waals surface area contributed by atoms with E-state index < -0.39 is 11.9 Å². The molecule has 4 heteroatoms. The van der Waals surface area contributed by atoms with Crippen LogP contribution < -0.4 is 0 Å². The Kier molecular flexibility index (Phi) is 6.11. The molecule has 0 amide bonds. The first-order valence-corrected chi connectivity index (χ1v) is 7.07. The van der Waals surface area contributed by atoms with Crippen molar-refractivity contribution in [3.63, 3.8) is 0 Å². The number of carbonyl (C=O) groups is 1. The molecule has 1 aromatic rings. The molecule has 0 aliphatic rings. The minimum Gasteiger partial charge on any atom is -0.481 e. The van der Waals surface area contributed by atoms with Gasteiger partial charge in [-0.15, -0.1) is 0 Å². The topological polar surface area (TPSA) is 37.3 Å². The first kappa shape index (κ1) is 16.6. The van der Waals surface area contributed by atoms with E-state index in [1.165, 1.54) is 12.1 Å². The maximum Gasteiger partial charge on any atom is 0.303 e. The van der Waals surface area contributed by atoms with Gasteiger partial charge in [0.25, 0.3) is 5.92 Å². The second-order valence-electron chi connectivity index (χ2n) is 5.24. The molecular weight excluding hydrogens is 262 g/mol. The number of carboxylic acid groups (broad SMARTS) is 1. The van der Waals surface area contributed by atoms with Gasteiger partial charge >= 0.3 is 5.97 Å². The molecule has 0 aliphatic carbocycles.